The van der Waals surface area contributed by atoms with Crippen molar-refractivity contribution >= 4 is 23.4 Å². The molecule has 1 aromatic heterocycles. The van der Waals surface area contributed by atoms with Crippen molar-refractivity contribution in [3.05, 3.63) is 30.6 Å². The smallest absolute Gasteiger partial charge is 0.414 e. The Morgan fingerprint density at radius 1 is 1.18 bits per heavy atom. The predicted molar refractivity (Wildman–Crippen MR) is 127 cm³/mol. The Balaban J connectivity index is 1.48. The Hall–Kier alpha value is -2.87. The number of ether oxygens (including phenoxy) is 1. The van der Waals surface area contributed by atoms with E-state index < -0.39 is 0 Å². The van der Waals surface area contributed by atoms with Crippen LogP contribution in [0.2, 0.25) is 0 Å². The normalized spacial score (nSPS) is 22.5. The van der Waals surface area contributed by atoms with Crippen molar-refractivity contribution in [1.29, 1.82) is 0 Å². The van der Waals surface area contributed by atoms with Gasteiger partial charge in [-0.25, -0.2) is 4.79 Å². The van der Waals surface area contributed by atoms with E-state index in [1.165, 1.54) is 6.42 Å². The molecule has 2 unspecified atom stereocenters. The van der Waals surface area contributed by atoms with Crippen LogP contribution in [0.25, 0.3) is 11.1 Å². The number of hydrogen-bond acceptors (Lipinski definition) is 5. The van der Waals surface area contributed by atoms with E-state index in [1.807, 2.05) is 54.7 Å². The molecule has 5 rings (SSSR count). The summed E-state index contributed by atoms with van der Waals surface area (Å²) in [4.78, 5) is 29.6. The molecular formula is C25H33N5O3. The second-order valence-electron chi connectivity index (χ2n) is 9.89. The number of rotatable bonds is 5. The van der Waals surface area contributed by atoms with Gasteiger partial charge in [-0.1, -0.05) is 6.07 Å². The molecule has 33 heavy (non-hydrogen) atoms. The highest BCUT2D eigenvalue weighted by Gasteiger charge is 2.41. The van der Waals surface area contributed by atoms with Gasteiger partial charge in [-0.15, -0.1) is 0 Å². The van der Waals surface area contributed by atoms with Crippen LogP contribution in [0, 0.1) is 11.8 Å². The number of amides is 2. The molecule has 1 N–H and O–H groups in total. The summed E-state index contributed by atoms with van der Waals surface area (Å²) >= 11 is 0. The highest BCUT2D eigenvalue weighted by Crippen LogP contribution is 2.42. The van der Waals surface area contributed by atoms with Gasteiger partial charge >= 0.3 is 6.09 Å². The van der Waals surface area contributed by atoms with Gasteiger partial charge in [0.1, 0.15) is 0 Å². The summed E-state index contributed by atoms with van der Waals surface area (Å²) in [5.41, 5.74) is 3.47. The molecule has 1 aliphatic carbocycles. The average Bonchev–Trinajstić information content (AvgIpc) is 3.31. The van der Waals surface area contributed by atoms with Gasteiger partial charge in [0.2, 0.25) is 5.91 Å². The lowest BCUT2D eigenvalue weighted by Crippen LogP contribution is -2.52. The first kappa shape index (κ1) is 21.9. The Bertz CT molecular complexity index is 1040. The van der Waals surface area contributed by atoms with Gasteiger partial charge in [0.05, 0.1) is 29.7 Å². The molecule has 1 saturated heterocycles. The van der Waals surface area contributed by atoms with E-state index in [-0.39, 0.29) is 30.1 Å². The number of anilines is 2. The zero-order chi connectivity index (χ0) is 23.1. The molecule has 176 valence electrons. The van der Waals surface area contributed by atoms with Gasteiger partial charge in [0.25, 0.3) is 0 Å². The van der Waals surface area contributed by atoms with E-state index >= 15 is 0 Å². The topological polar surface area (TPSA) is 79.7 Å². The summed E-state index contributed by atoms with van der Waals surface area (Å²) in [5, 5.41) is 7.97. The summed E-state index contributed by atoms with van der Waals surface area (Å²) in [6.45, 7) is 9.10. The molecule has 8 heteroatoms. The van der Waals surface area contributed by atoms with Gasteiger partial charge in [-0.05, 0) is 76.7 Å². The van der Waals surface area contributed by atoms with Crippen LogP contribution in [0.5, 0.6) is 0 Å². The molecule has 1 aromatic carbocycles. The third-order valence-corrected chi connectivity index (χ3v) is 6.71. The third-order valence-electron chi connectivity index (χ3n) is 6.71. The van der Waals surface area contributed by atoms with Crippen LogP contribution in [0.15, 0.2) is 30.6 Å². The number of nitrogens with zero attached hydrogens (tertiary/aromatic N) is 4. The molecule has 2 aliphatic heterocycles. The number of carbonyl (C=O) groups is 2. The number of carbonyl (C=O) groups excluding carboxylic acids is 2. The van der Waals surface area contributed by atoms with Crippen molar-refractivity contribution in [2.75, 3.05) is 29.4 Å². The molecular weight excluding hydrogens is 418 g/mol. The summed E-state index contributed by atoms with van der Waals surface area (Å²) < 4.78 is 7.54. The van der Waals surface area contributed by atoms with E-state index in [9.17, 15) is 9.59 Å². The van der Waals surface area contributed by atoms with Crippen LogP contribution in [-0.2, 0) is 16.1 Å². The molecule has 8 nitrogen and oxygen atoms in total. The van der Waals surface area contributed by atoms with E-state index in [2.05, 4.69) is 16.6 Å². The van der Waals surface area contributed by atoms with E-state index in [0.29, 0.717) is 12.5 Å². The highest BCUT2D eigenvalue weighted by molar-refractivity contribution is 6.05. The maximum atomic E-state index is 13.1. The lowest BCUT2D eigenvalue weighted by molar-refractivity contribution is -0.120. The highest BCUT2D eigenvalue weighted by atomic mass is 16.6. The Kier molecular flexibility index (Phi) is 5.86. The molecule has 3 aliphatic rings. The quantitative estimate of drug-likeness (QED) is 0.751. The third kappa shape index (κ3) is 4.49. The number of aromatic nitrogens is 2. The van der Waals surface area contributed by atoms with Crippen molar-refractivity contribution in [2.45, 2.75) is 58.7 Å². The van der Waals surface area contributed by atoms with Crippen LogP contribution in [0.3, 0.4) is 0 Å². The lowest BCUT2D eigenvalue weighted by Gasteiger charge is -2.41. The van der Waals surface area contributed by atoms with E-state index in [0.717, 1.165) is 55.0 Å². The lowest BCUT2D eigenvalue weighted by atomic mass is 10.0. The predicted octanol–water partition coefficient (Wildman–Crippen LogP) is 3.66. The molecule has 0 spiro atoms. The summed E-state index contributed by atoms with van der Waals surface area (Å²) in [5.74, 6) is 0.870. The molecule has 2 amide bonds. The van der Waals surface area contributed by atoms with Crippen molar-refractivity contribution in [1.82, 2.24) is 15.1 Å². The van der Waals surface area contributed by atoms with Crippen molar-refractivity contribution in [3.63, 3.8) is 0 Å². The molecule has 1 saturated carbocycles. The molecule has 2 atom stereocenters. The number of benzene rings is 1. The minimum absolute atomic E-state index is 0.109. The summed E-state index contributed by atoms with van der Waals surface area (Å²) in [7, 11) is 0. The van der Waals surface area contributed by atoms with E-state index in [1.54, 1.807) is 4.90 Å². The minimum atomic E-state index is -0.377. The van der Waals surface area contributed by atoms with Crippen LogP contribution in [0.1, 0.15) is 40.0 Å². The molecule has 3 heterocycles. The van der Waals surface area contributed by atoms with Gasteiger partial charge in [-0.3, -0.25) is 14.4 Å². The molecule has 2 fully saturated rings. The fraction of sp³-hybridized carbons (Fsp3) is 0.560. The van der Waals surface area contributed by atoms with Gasteiger partial charge < -0.3 is 15.0 Å². The van der Waals surface area contributed by atoms with Gasteiger partial charge in [-0.2, -0.15) is 5.10 Å². The minimum Gasteiger partial charge on any atom is -0.446 e. The van der Waals surface area contributed by atoms with Crippen LogP contribution < -0.4 is 15.1 Å². The zero-order valence-electron chi connectivity index (χ0n) is 19.7. The zero-order valence-corrected chi connectivity index (χ0v) is 19.7. The number of hydrogen-bond donors (Lipinski definition) is 1. The first-order chi connectivity index (χ1) is 15.9. The second kappa shape index (κ2) is 8.82. The maximum absolute atomic E-state index is 13.1. The Labute approximate surface area is 194 Å². The second-order valence-corrected chi connectivity index (χ2v) is 9.89. The average molecular weight is 452 g/mol. The molecule has 0 bridgehead atoms. The monoisotopic (exact) mass is 451 g/mol. The Morgan fingerprint density at radius 2 is 2.00 bits per heavy atom. The van der Waals surface area contributed by atoms with Crippen LogP contribution in [0.4, 0.5) is 16.2 Å². The fourth-order valence-corrected chi connectivity index (χ4v) is 4.85. The van der Waals surface area contributed by atoms with Crippen molar-refractivity contribution < 1.29 is 14.3 Å². The maximum Gasteiger partial charge on any atom is 0.414 e. The largest absolute Gasteiger partial charge is 0.446 e. The van der Waals surface area contributed by atoms with Crippen molar-refractivity contribution in [3.8, 4) is 11.1 Å². The Morgan fingerprint density at radius 3 is 2.70 bits per heavy atom. The molecule has 2 aromatic rings. The number of fused-ring (bicyclic) bond motifs is 1. The van der Waals surface area contributed by atoms with Crippen LogP contribution in [-0.4, -0.2) is 53.6 Å². The number of nitrogens with one attached hydrogen (secondary N) is 1. The summed E-state index contributed by atoms with van der Waals surface area (Å²) in [6.07, 6.45) is 6.42. The molecule has 0 radical (unpaired) electrons. The summed E-state index contributed by atoms with van der Waals surface area (Å²) in [6, 6.07) is 5.87. The fourth-order valence-electron chi connectivity index (χ4n) is 4.85. The standard InChI is InChI=1S/C25H33N5O3/c1-16(2)33-25(32)29-13-17(3)30(24(31)19-4-5-19)22-7-6-20(10-23(22)29)21-12-27-28(15-21)14-18-8-9-26-11-18/h6-7,10,12,15-19,26H,4-5,8-9,11,13-14H2,1-3H3. The van der Waals surface area contributed by atoms with Crippen LogP contribution >= 0.6 is 0 Å². The first-order valence-electron chi connectivity index (χ1n) is 12.1. The van der Waals surface area contributed by atoms with Gasteiger partial charge in [0.15, 0.2) is 0 Å². The van der Waals surface area contributed by atoms with E-state index in [4.69, 9.17) is 4.74 Å². The van der Waals surface area contributed by atoms with Gasteiger partial charge in [0, 0.05) is 30.8 Å². The first-order valence-corrected chi connectivity index (χ1v) is 12.1. The SMILES string of the molecule is CC(C)OC(=O)N1CC(C)N(C(=O)C2CC2)c2ccc(-c3cnn(CC4CCNC4)c3)cc21. The van der Waals surface area contributed by atoms with Crippen molar-refractivity contribution in [2.24, 2.45) is 11.8 Å².